The highest BCUT2D eigenvalue weighted by Gasteiger charge is 2.43. The van der Waals surface area contributed by atoms with Crippen LogP contribution in [0.4, 0.5) is 5.69 Å². The summed E-state index contributed by atoms with van der Waals surface area (Å²) in [5, 5.41) is 10.2. The molecule has 2 aliphatic rings. The van der Waals surface area contributed by atoms with Gasteiger partial charge in [-0.25, -0.2) is 4.90 Å². The summed E-state index contributed by atoms with van der Waals surface area (Å²) >= 11 is 5.98. The van der Waals surface area contributed by atoms with Crippen LogP contribution in [0.5, 0.6) is 5.75 Å². The van der Waals surface area contributed by atoms with E-state index in [4.69, 9.17) is 16.3 Å². The third-order valence-corrected chi connectivity index (χ3v) is 5.87. The number of hydrogen-bond donors (Lipinski definition) is 1. The number of anilines is 1. The summed E-state index contributed by atoms with van der Waals surface area (Å²) in [7, 11) is 1.58. The van der Waals surface area contributed by atoms with Gasteiger partial charge in [-0.15, -0.1) is 0 Å². The SMILES string of the molecule is COc1ccc(C2=C(N3CCCC(CO)C3)C(=O)N(c3ccc(Cl)cc3)C2=O)cc1. The Balaban J connectivity index is 1.79. The Kier molecular flexibility index (Phi) is 5.79. The lowest BCUT2D eigenvalue weighted by Gasteiger charge is -2.34. The minimum absolute atomic E-state index is 0.0602. The van der Waals surface area contributed by atoms with Gasteiger partial charge in [0.15, 0.2) is 0 Å². The molecule has 2 heterocycles. The number of methoxy groups -OCH3 is 1. The van der Waals surface area contributed by atoms with E-state index >= 15 is 0 Å². The van der Waals surface area contributed by atoms with Crippen LogP contribution in [0.2, 0.25) is 5.02 Å². The Labute approximate surface area is 180 Å². The fourth-order valence-corrected chi connectivity index (χ4v) is 4.20. The standard InChI is InChI=1S/C23H23ClN2O4/c1-30-19-10-4-16(5-11-19)20-21(25-12-2-3-15(13-25)14-27)23(29)26(22(20)28)18-8-6-17(24)7-9-18/h4-11,15,27H,2-3,12-14H2,1H3. The van der Waals surface area contributed by atoms with Crippen LogP contribution in [-0.4, -0.2) is 48.6 Å². The van der Waals surface area contributed by atoms with Gasteiger partial charge in [0.2, 0.25) is 0 Å². The van der Waals surface area contributed by atoms with Crippen molar-refractivity contribution in [3.63, 3.8) is 0 Å². The van der Waals surface area contributed by atoms with E-state index < -0.39 is 0 Å². The molecule has 30 heavy (non-hydrogen) atoms. The highest BCUT2D eigenvalue weighted by molar-refractivity contribution is 6.45. The van der Waals surface area contributed by atoms with Gasteiger partial charge in [-0.2, -0.15) is 0 Å². The number of carbonyl (C=O) groups is 2. The molecule has 4 rings (SSSR count). The van der Waals surface area contributed by atoms with Crippen LogP contribution in [-0.2, 0) is 9.59 Å². The summed E-state index contributed by atoms with van der Waals surface area (Å²) in [4.78, 5) is 30.1. The average Bonchev–Trinajstić information content (AvgIpc) is 3.04. The molecule has 1 saturated heterocycles. The summed E-state index contributed by atoms with van der Waals surface area (Å²) < 4.78 is 5.22. The molecule has 0 aliphatic carbocycles. The number of likely N-dealkylation sites (tertiary alicyclic amines) is 1. The van der Waals surface area contributed by atoms with Gasteiger partial charge in [0.25, 0.3) is 11.8 Å². The van der Waals surface area contributed by atoms with Crippen molar-refractivity contribution in [2.75, 3.05) is 31.7 Å². The zero-order chi connectivity index (χ0) is 21.3. The molecule has 1 fully saturated rings. The van der Waals surface area contributed by atoms with Gasteiger partial charge in [-0.05, 0) is 60.7 Å². The molecule has 6 nitrogen and oxygen atoms in total. The normalized spacial score (nSPS) is 19.6. The highest BCUT2D eigenvalue weighted by atomic mass is 35.5. The zero-order valence-corrected chi connectivity index (χ0v) is 17.4. The maximum Gasteiger partial charge on any atom is 0.282 e. The van der Waals surface area contributed by atoms with Crippen LogP contribution in [0.25, 0.3) is 5.57 Å². The third kappa shape index (κ3) is 3.68. The van der Waals surface area contributed by atoms with Crippen molar-refractivity contribution in [1.29, 1.82) is 0 Å². The summed E-state index contributed by atoms with van der Waals surface area (Å²) in [5.41, 5.74) is 1.90. The molecule has 0 bridgehead atoms. The summed E-state index contributed by atoms with van der Waals surface area (Å²) in [5.74, 6) is 0.0294. The van der Waals surface area contributed by atoms with Crippen LogP contribution >= 0.6 is 11.6 Å². The monoisotopic (exact) mass is 426 g/mol. The van der Waals surface area contributed by atoms with E-state index in [1.165, 1.54) is 4.90 Å². The minimum atomic E-state index is -0.367. The Morgan fingerprint density at radius 3 is 2.40 bits per heavy atom. The molecule has 0 saturated carbocycles. The quantitative estimate of drug-likeness (QED) is 0.742. The van der Waals surface area contributed by atoms with E-state index in [0.717, 1.165) is 12.8 Å². The topological polar surface area (TPSA) is 70.1 Å². The van der Waals surface area contributed by atoms with Crippen molar-refractivity contribution in [1.82, 2.24) is 4.90 Å². The number of nitrogens with zero attached hydrogens (tertiary/aromatic N) is 2. The number of amides is 2. The van der Waals surface area contributed by atoms with Gasteiger partial charge in [0, 0.05) is 24.7 Å². The third-order valence-electron chi connectivity index (χ3n) is 5.62. The number of halogens is 1. The Morgan fingerprint density at radius 2 is 1.77 bits per heavy atom. The van der Waals surface area contributed by atoms with Crippen molar-refractivity contribution in [3.05, 3.63) is 64.8 Å². The lowest BCUT2D eigenvalue weighted by molar-refractivity contribution is -0.120. The van der Waals surface area contributed by atoms with Crippen LogP contribution in [0.3, 0.4) is 0 Å². The van der Waals surface area contributed by atoms with E-state index in [0.29, 0.717) is 46.4 Å². The molecule has 1 N–H and O–H groups in total. The maximum absolute atomic E-state index is 13.5. The van der Waals surface area contributed by atoms with E-state index in [2.05, 4.69) is 0 Å². The lowest BCUT2D eigenvalue weighted by Crippen LogP contribution is -2.40. The number of piperidine rings is 1. The average molecular weight is 427 g/mol. The smallest absolute Gasteiger partial charge is 0.282 e. The lowest BCUT2D eigenvalue weighted by atomic mass is 9.97. The molecule has 0 spiro atoms. The van der Waals surface area contributed by atoms with Gasteiger partial charge < -0.3 is 14.7 Å². The molecule has 2 aromatic rings. The number of carbonyl (C=O) groups excluding carboxylic acids is 2. The zero-order valence-electron chi connectivity index (χ0n) is 16.7. The Bertz CT molecular complexity index is 985. The second kappa shape index (κ2) is 8.50. The molecule has 156 valence electrons. The maximum atomic E-state index is 13.5. The Morgan fingerprint density at radius 1 is 1.07 bits per heavy atom. The molecule has 0 aromatic heterocycles. The molecule has 0 radical (unpaired) electrons. The number of benzene rings is 2. The second-order valence-corrected chi connectivity index (χ2v) is 7.95. The van der Waals surface area contributed by atoms with Crippen LogP contribution in [0.1, 0.15) is 18.4 Å². The van der Waals surface area contributed by atoms with Gasteiger partial charge >= 0.3 is 0 Å². The molecule has 2 aromatic carbocycles. The van der Waals surface area contributed by atoms with E-state index in [1.807, 2.05) is 4.90 Å². The molecule has 2 amide bonds. The van der Waals surface area contributed by atoms with Gasteiger partial charge in [-0.3, -0.25) is 9.59 Å². The number of aliphatic hydroxyl groups excluding tert-OH is 1. The van der Waals surface area contributed by atoms with Crippen molar-refractivity contribution in [3.8, 4) is 5.75 Å². The van der Waals surface area contributed by atoms with E-state index in [1.54, 1.807) is 55.6 Å². The van der Waals surface area contributed by atoms with Crippen LogP contribution in [0.15, 0.2) is 54.2 Å². The van der Waals surface area contributed by atoms with Crippen molar-refractivity contribution in [2.24, 2.45) is 5.92 Å². The number of hydrogen-bond acceptors (Lipinski definition) is 5. The van der Waals surface area contributed by atoms with Crippen molar-refractivity contribution in [2.45, 2.75) is 12.8 Å². The van der Waals surface area contributed by atoms with Crippen molar-refractivity contribution >= 4 is 34.7 Å². The van der Waals surface area contributed by atoms with Crippen LogP contribution in [0, 0.1) is 5.92 Å². The first-order chi connectivity index (χ1) is 14.5. The first-order valence-corrected chi connectivity index (χ1v) is 10.3. The Hall–Kier alpha value is -2.83. The molecule has 1 atom stereocenters. The summed E-state index contributed by atoms with van der Waals surface area (Å²) in [6.07, 6.45) is 1.76. The van der Waals surface area contributed by atoms with Crippen LogP contribution < -0.4 is 9.64 Å². The largest absolute Gasteiger partial charge is 0.497 e. The first kappa shape index (κ1) is 20.4. The minimum Gasteiger partial charge on any atom is -0.497 e. The fourth-order valence-electron chi connectivity index (χ4n) is 4.07. The molecule has 7 heteroatoms. The van der Waals surface area contributed by atoms with Gasteiger partial charge in [-0.1, -0.05) is 23.7 Å². The first-order valence-electron chi connectivity index (χ1n) is 9.92. The van der Waals surface area contributed by atoms with Crippen molar-refractivity contribution < 1.29 is 19.4 Å². The van der Waals surface area contributed by atoms with E-state index in [-0.39, 0.29) is 24.3 Å². The molecule has 2 aliphatic heterocycles. The summed E-state index contributed by atoms with van der Waals surface area (Å²) in [6, 6.07) is 13.8. The predicted octanol–water partition coefficient (Wildman–Crippen LogP) is 3.34. The second-order valence-electron chi connectivity index (χ2n) is 7.51. The number of imide groups is 1. The number of rotatable bonds is 5. The molecular weight excluding hydrogens is 404 g/mol. The number of ether oxygens (including phenoxy) is 1. The predicted molar refractivity (Wildman–Crippen MR) is 115 cm³/mol. The van der Waals surface area contributed by atoms with E-state index in [9.17, 15) is 14.7 Å². The molecular formula is C23H23ClN2O4. The van der Waals surface area contributed by atoms with Gasteiger partial charge in [0.1, 0.15) is 11.4 Å². The fraction of sp³-hybridized carbons (Fsp3) is 0.304. The van der Waals surface area contributed by atoms with Gasteiger partial charge in [0.05, 0.1) is 18.4 Å². The highest BCUT2D eigenvalue weighted by Crippen LogP contribution is 2.37. The number of aliphatic hydroxyl groups is 1. The molecule has 1 unspecified atom stereocenters. The summed E-state index contributed by atoms with van der Waals surface area (Å²) in [6.45, 7) is 1.27.